The number of ether oxygens (including phenoxy) is 1. The number of alkyl halides is 1. The highest BCUT2D eigenvalue weighted by molar-refractivity contribution is 9.11. The Morgan fingerprint density at radius 1 is 1.41 bits per heavy atom. The van der Waals surface area contributed by atoms with Gasteiger partial charge in [-0.15, -0.1) is 11.6 Å². The highest BCUT2D eigenvalue weighted by Crippen LogP contribution is 2.34. The first-order valence-corrected chi connectivity index (χ1v) is 7.55. The van der Waals surface area contributed by atoms with Crippen LogP contribution in [0.3, 0.4) is 0 Å². The SMILES string of the molecule is CCCOc1c(Br)cc(Br)cc1C=C(C)CCl. The van der Waals surface area contributed by atoms with Crippen molar-refractivity contribution in [3.05, 3.63) is 32.2 Å². The zero-order chi connectivity index (χ0) is 12.8. The third-order valence-corrected chi connectivity index (χ3v) is 3.57. The summed E-state index contributed by atoms with van der Waals surface area (Å²) in [6, 6.07) is 4.02. The van der Waals surface area contributed by atoms with Crippen molar-refractivity contribution in [2.24, 2.45) is 0 Å². The van der Waals surface area contributed by atoms with Gasteiger partial charge in [-0.05, 0) is 41.4 Å². The van der Waals surface area contributed by atoms with Crippen LogP contribution in [0.2, 0.25) is 0 Å². The summed E-state index contributed by atoms with van der Waals surface area (Å²) < 4.78 is 7.73. The Bertz CT molecular complexity index is 416. The van der Waals surface area contributed by atoms with Crippen LogP contribution in [-0.4, -0.2) is 12.5 Å². The first-order valence-electron chi connectivity index (χ1n) is 5.43. The van der Waals surface area contributed by atoms with Crippen LogP contribution in [0.25, 0.3) is 6.08 Å². The number of benzene rings is 1. The van der Waals surface area contributed by atoms with Crippen molar-refractivity contribution in [1.29, 1.82) is 0 Å². The zero-order valence-electron chi connectivity index (χ0n) is 9.90. The molecule has 0 unspecified atom stereocenters. The number of hydrogen-bond acceptors (Lipinski definition) is 1. The minimum atomic E-state index is 0.525. The molecule has 0 saturated carbocycles. The average molecular weight is 383 g/mol. The van der Waals surface area contributed by atoms with E-state index in [9.17, 15) is 0 Å². The van der Waals surface area contributed by atoms with Crippen molar-refractivity contribution in [2.45, 2.75) is 20.3 Å². The smallest absolute Gasteiger partial charge is 0.140 e. The van der Waals surface area contributed by atoms with Gasteiger partial charge in [-0.3, -0.25) is 0 Å². The molecule has 4 heteroatoms. The molecule has 1 aromatic carbocycles. The largest absolute Gasteiger partial charge is 0.492 e. The normalized spacial score (nSPS) is 11.7. The molecule has 17 heavy (non-hydrogen) atoms. The van der Waals surface area contributed by atoms with Gasteiger partial charge in [-0.1, -0.05) is 34.5 Å². The average Bonchev–Trinajstić information content (AvgIpc) is 2.27. The molecular weight excluding hydrogens is 367 g/mol. The molecule has 0 amide bonds. The number of allylic oxidation sites excluding steroid dienone is 1. The third kappa shape index (κ3) is 4.65. The predicted octanol–water partition coefficient (Wildman–Crippen LogP) is 5.64. The summed E-state index contributed by atoms with van der Waals surface area (Å²) in [5.74, 6) is 1.40. The van der Waals surface area contributed by atoms with Crippen molar-refractivity contribution in [1.82, 2.24) is 0 Å². The van der Waals surface area contributed by atoms with E-state index in [1.807, 2.05) is 25.1 Å². The molecule has 0 fully saturated rings. The highest BCUT2D eigenvalue weighted by atomic mass is 79.9. The van der Waals surface area contributed by atoms with Crippen molar-refractivity contribution in [3.8, 4) is 5.75 Å². The van der Waals surface area contributed by atoms with Crippen LogP contribution in [-0.2, 0) is 0 Å². The van der Waals surface area contributed by atoms with Crippen LogP contribution in [0.4, 0.5) is 0 Å². The maximum absolute atomic E-state index is 5.81. The fraction of sp³-hybridized carbons (Fsp3) is 0.385. The molecule has 0 aromatic heterocycles. The maximum atomic E-state index is 5.81. The summed E-state index contributed by atoms with van der Waals surface area (Å²) in [5, 5.41) is 0. The van der Waals surface area contributed by atoms with Crippen LogP contribution >= 0.6 is 43.5 Å². The van der Waals surface area contributed by atoms with Gasteiger partial charge in [0.2, 0.25) is 0 Å². The summed E-state index contributed by atoms with van der Waals surface area (Å²) in [6.07, 6.45) is 3.04. The molecule has 0 atom stereocenters. The molecule has 0 spiro atoms. The van der Waals surface area contributed by atoms with E-state index in [0.717, 1.165) is 32.3 Å². The van der Waals surface area contributed by atoms with Gasteiger partial charge in [-0.2, -0.15) is 0 Å². The molecule has 1 rings (SSSR count). The molecular formula is C13H15Br2ClO. The molecule has 0 aliphatic rings. The van der Waals surface area contributed by atoms with Gasteiger partial charge in [0, 0.05) is 15.9 Å². The van der Waals surface area contributed by atoms with Gasteiger partial charge in [-0.25, -0.2) is 0 Å². The summed E-state index contributed by atoms with van der Waals surface area (Å²) in [7, 11) is 0. The molecule has 0 aliphatic heterocycles. The Hall–Kier alpha value is 0.01000. The third-order valence-electron chi connectivity index (χ3n) is 2.10. The first-order chi connectivity index (χ1) is 8.08. The first kappa shape index (κ1) is 15.1. The second kappa shape index (κ2) is 7.45. The van der Waals surface area contributed by atoms with E-state index in [0.29, 0.717) is 12.5 Å². The lowest BCUT2D eigenvalue weighted by molar-refractivity contribution is 0.315. The van der Waals surface area contributed by atoms with Crippen LogP contribution in [0.15, 0.2) is 26.7 Å². The van der Waals surface area contributed by atoms with E-state index in [4.69, 9.17) is 16.3 Å². The second-order valence-electron chi connectivity index (χ2n) is 3.78. The Kier molecular flexibility index (Phi) is 6.60. The summed E-state index contributed by atoms with van der Waals surface area (Å²) >= 11 is 12.8. The van der Waals surface area contributed by atoms with Crippen molar-refractivity contribution in [2.75, 3.05) is 12.5 Å². The van der Waals surface area contributed by atoms with Crippen LogP contribution in [0.1, 0.15) is 25.8 Å². The van der Waals surface area contributed by atoms with Crippen molar-refractivity contribution >= 4 is 49.5 Å². The Morgan fingerprint density at radius 2 is 2.12 bits per heavy atom. The summed E-state index contributed by atoms with van der Waals surface area (Å²) in [5.41, 5.74) is 2.15. The van der Waals surface area contributed by atoms with Gasteiger partial charge in [0.05, 0.1) is 11.1 Å². The lowest BCUT2D eigenvalue weighted by atomic mass is 10.1. The quantitative estimate of drug-likeness (QED) is 0.599. The fourth-order valence-electron chi connectivity index (χ4n) is 1.35. The van der Waals surface area contributed by atoms with E-state index < -0.39 is 0 Å². The van der Waals surface area contributed by atoms with Crippen molar-refractivity contribution in [3.63, 3.8) is 0 Å². The molecule has 0 heterocycles. The molecule has 0 radical (unpaired) electrons. The summed E-state index contributed by atoms with van der Waals surface area (Å²) in [6.45, 7) is 4.80. The molecule has 94 valence electrons. The topological polar surface area (TPSA) is 9.23 Å². The Morgan fingerprint density at radius 3 is 2.71 bits per heavy atom. The van der Waals surface area contributed by atoms with E-state index in [2.05, 4.69) is 38.8 Å². The van der Waals surface area contributed by atoms with Gasteiger partial charge in [0.15, 0.2) is 0 Å². The van der Waals surface area contributed by atoms with Crippen LogP contribution in [0, 0.1) is 0 Å². The minimum Gasteiger partial charge on any atom is -0.492 e. The van der Waals surface area contributed by atoms with Gasteiger partial charge in [0.25, 0.3) is 0 Å². The van der Waals surface area contributed by atoms with E-state index in [1.54, 1.807) is 0 Å². The maximum Gasteiger partial charge on any atom is 0.140 e. The van der Waals surface area contributed by atoms with E-state index >= 15 is 0 Å². The van der Waals surface area contributed by atoms with E-state index in [1.165, 1.54) is 0 Å². The minimum absolute atomic E-state index is 0.525. The fourth-order valence-corrected chi connectivity index (χ4v) is 2.80. The van der Waals surface area contributed by atoms with Crippen LogP contribution < -0.4 is 4.74 Å². The van der Waals surface area contributed by atoms with E-state index in [-0.39, 0.29) is 0 Å². The molecule has 0 saturated heterocycles. The molecule has 0 aliphatic carbocycles. The standard InChI is InChI=1S/C13H15Br2ClO/c1-3-4-17-13-10(5-9(2)8-16)6-11(14)7-12(13)15/h5-7H,3-4,8H2,1-2H3. The van der Waals surface area contributed by atoms with Crippen molar-refractivity contribution < 1.29 is 4.74 Å². The number of halogens is 3. The zero-order valence-corrected chi connectivity index (χ0v) is 13.8. The monoisotopic (exact) mass is 380 g/mol. The van der Waals surface area contributed by atoms with Gasteiger partial charge >= 0.3 is 0 Å². The van der Waals surface area contributed by atoms with Gasteiger partial charge in [0.1, 0.15) is 5.75 Å². The molecule has 0 N–H and O–H groups in total. The summed E-state index contributed by atoms with van der Waals surface area (Å²) in [4.78, 5) is 0. The van der Waals surface area contributed by atoms with Crippen LogP contribution in [0.5, 0.6) is 5.75 Å². The number of hydrogen-bond donors (Lipinski definition) is 0. The van der Waals surface area contributed by atoms with Gasteiger partial charge < -0.3 is 4.74 Å². The molecule has 1 aromatic rings. The highest BCUT2D eigenvalue weighted by Gasteiger charge is 2.08. The second-order valence-corrected chi connectivity index (χ2v) is 5.82. The number of rotatable bonds is 5. The Balaban J connectivity index is 3.15. The lowest BCUT2D eigenvalue weighted by Crippen LogP contribution is -1.98. The predicted molar refractivity (Wildman–Crippen MR) is 82.0 cm³/mol. The molecule has 0 bridgehead atoms. The lowest BCUT2D eigenvalue weighted by Gasteiger charge is -2.12. The molecule has 1 nitrogen and oxygen atoms in total. The Labute approximate surface area is 124 Å².